The first-order valence-electron chi connectivity index (χ1n) is 6.07. The zero-order valence-corrected chi connectivity index (χ0v) is 11.2. The van der Waals surface area contributed by atoms with Crippen molar-refractivity contribution in [2.24, 2.45) is 0 Å². The van der Waals surface area contributed by atoms with E-state index in [-0.39, 0.29) is 17.4 Å². The van der Waals surface area contributed by atoms with Crippen molar-refractivity contribution in [1.82, 2.24) is 0 Å². The van der Waals surface area contributed by atoms with Crippen LogP contribution in [0.3, 0.4) is 0 Å². The van der Waals surface area contributed by atoms with Crippen LogP contribution in [0.15, 0.2) is 52.9 Å². The molecular weight excluding hydrogens is 278 g/mol. The number of halogens is 2. The molecule has 0 N–H and O–H groups in total. The first kappa shape index (κ1) is 13.1. The van der Waals surface area contributed by atoms with E-state index < -0.39 is 0 Å². The average Bonchev–Trinajstić information content (AvgIpc) is 2.45. The van der Waals surface area contributed by atoms with Crippen LogP contribution >= 0.6 is 11.8 Å². The Labute approximate surface area is 119 Å². The third kappa shape index (κ3) is 2.39. The second-order valence-electron chi connectivity index (χ2n) is 4.46. The SMILES string of the molecule is O=C1/C(=C/c2ccc(F)cc2)CSc2c(F)cccc21. The first-order valence-corrected chi connectivity index (χ1v) is 7.06. The molecule has 1 nitrogen and oxygen atoms in total. The van der Waals surface area contributed by atoms with Crippen LogP contribution in [0.25, 0.3) is 6.08 Å². The molecule has 0 fully saturated rings. The average molecular weight is 288 g/mol. The number of Topliss-reactive ketones (excluding diaryl/α,β-unsaturated/α-hetero) is 1. The number of thioether (sulfide) groups is 1. The van der Waals surface area contributed by atoms with E-state index in [0.29, 0.717) is 21.8 Å². The summed E-state index contributed by atoms with van der Waals surface area (Å²) < 4.78 is 26.5. The number of fused-ring (bicyclic) bond motifs is 1. The predicted molar refractivity (Wildman–Crippen MR) is 75.8 cm³/mol. The molecule has 3 rings (SSSR count). The van der Waals surface area contributed by atoms with Gasteiger partial charge in [-0.25, -0.2) is 8.78 Å². The van der Waals surface area contributed by atoms with Crippen molar-refractivity contribution in [3.05, 3.63) is 70.8 Å². The molecule has 2 aromatic rings. The van der Waals surface area contributed by atoms with Crippen molar-refractivity contribution >= 4 is 23.6 Å². The molecule has 0 bridgehead atoms. The molecule has 1 aliphatic rings. The van der Waals surface area contributed by atoms with Crippen molar-refractivity contribution in [2.75, 3.05) is 5.75 Å². The monoisotopic (exact) mass is 288 g/mol. The summed E-state index contributed by atoms with van der Waals surface area (Å²) in [6.45, 7) is 0. The molecule has 1 aliphatic heterocycles. The Balaban J connectivity index is 1.98. The predicted octanol–water partition coefficient (Wildman–Crippen LogP) is 4.34. The van der Waals surface area contributed by atoms with Crippen LogP contribution in [0.5, 0.6) is 0 Å². The van der Waals surface area contributed by atoms with Gasteiger partial charge in [0.25, 0.3) is 0 Å². The number of carbonyl (C=O) groups excluding carboxylic acids is 1. The Kier molecular flexibility index (Phi) is 3.40. The van der Waals surface area contributed by atoms with Crippen molar-refractivity contribution in [2.45, 2.75) is 4.90 Å². The van der Waals surface area contributed by atoms with Crippen molar-refractivity contribution in [3.8, 4) is 0 Å². The lowest BCUT2D eigenvalue weighted by Gasteiger charge is -2.17. The molecule has 0 unspecified atom stereocenters. The van der Waals surface area contributed by atoms with E-state index in [1.807, 2.05) is 0 Å². The van der Waals surface area contributed by atoms with Gasteiger partial charge in [0.1, 0.15) is 11.6 Å². The molecule has 20 heavy (non-hydrogen) atoms. The lowest BCUT2D eigenvalue weighted by Crippen LogP contribution is -2.13. The smallest absolute Gasteiger partial charge is 0.191 e. The highest BCUT2D eigenvalue weighted by molar-refractivity contribution is 7.99. The van der Waals surface area contributed by atoms with E-state index in [1.54, 1.807) is 24.3 Å². The molecule has 100 valence electrons. The summed E-state index contributed by atoms with van der Waals surface area (Å²) >= 11 is 1.31. The Morgan fingerprint density at radius 1 is 1.05 bits per heavy atom. The molecule has 0 aromatic heterocycles. The minimum absolute atomic E-state index is 0.164. The van der Waals surface area contributed by atoms with Gasteiger partial charge in [0.15, 0.2) is 5.78 Å². The number of hydrogen-bond donors (Lipinski definition) is 0. The maximum atomic E-state index is 13.6. The second-order valence-corrected chi connectivity index (χ2v) is 5.44. The standard InChI is InChI=1S/C16H10F2OS/c17-12-6-4-10(5-7-12)8-11-9-20-16-13(15(11)19)2-1-3-14(16)18/h1-8H,9H2/b11-8+. The molecule has 2 aromatic carbocycles. The second kappa shape index (κ2) is 5.21. The Morgan fingerprint density at radius 2 is 1.80 bits per heavy atom. The lowest BCUT2D eigenvalue weighted by molar-refractivity contribution is 0.103. The quantitative estimate of drug-likeness (QED) is 0.726. The van der Waals surface area contributed by atoms with Crippen molar-refractivity contribution < 1.29 is 13.6 Å². The van der Waals surface area contributed by atoms with Gasteiger partial charge in [-0.05, 0) is 35.9 Å². The number of carbonyl (C=O) groups is 1. The topological polar surface area (TPSA) is 17.1 Å². The summed E-state index contributed by atoms with van der Waals surface area (Å²) in [7, 11) is 0. The van der Waals surface area contributed by atoms with Gasteiger partial charge in [-0.15, -0.1) is 11.8 Å². The molecule has 0 aliphatic carbocycles. The molecule has 0 amide bonds. The van der Waals surface area contributed by atoms with Crippen molar-refractivity contribution in [1.29, 1.82) is 0 Å². The van der Waals surface area contributed by atoms with Crippen LogP contribution in [0, 0.1) is 11.6 Å². The van der Waals surface area contributed by atoms with E-state index in [9.17, 15) is 13.6 Å². The Morgan fingerprint density at radius 3 is 2.55 bits per heavy atom. The normalized spacial score (nSPS) is 16.3. The Bertz CT molecular complexity index is 705. The third-order valence-corrected chi connectivity index (χ3v) is 4.25. The van der Waals surface area contributed by atoms with Gasteiger partial charge in [0.2, 0.25) is 0 Å². The summed E-state index contributed by atoms with van der Waals surface area (Å²) in [5.41, 5.74) is 1.75. The third-order valence-electron chi connectivity index (χ3n) is 3.09. The maximum Gasteiger partial charge on any atom is 0.191 e. The molecule has 0 saturated heterocycles. The first-order chi connectivity index (χ1) is 9.65. The van der Waals surface area contributed by atoms with E-state index in [4.69, 9.17) is 0 Å². The highest BCUT2D eigenvalue weighted by Crippen LogP contribution is 2.35. The zero-order chi connectivity index (χ0) is 14.1. The van der Waals surface area contributed by atoms with Gasteiger partial charge in [0, 0.05) is 16.9 Å². The number of ketones is 1. The largest absolute Gasteiger partial charge is 0.289 e. The van der Waals surface area contributed by atoms with Gasteiger partial charge < -0.3 is 0 Å². The fourth-order valence-electron chi connectivity index (χ4n) is 2.09. The van der Waals surface area contributed by atoms with E-state index >= 15 is 0 Å². The number of hydrogen-bond acceptors (Lipinski definition) is 2. The van der Waals surface area contributed by atoms with Gasteiger partial charge >= 0.3 is 0 Å². The maximum absolute atomic E-state index is 13.6. The zero-order valence-electron chi connectivity index (χ0n) is 10.4. The number of rotatable bonds is 1. The summed E-state index contributed by atoms with van der Waals surface area (Å²) in [5.74, 6) is -0.419. The summed E-state index contributed by atoms with van der Waals surface area (Å²) in [4.78, 5) is 12.7. The fraction of sp³-hybridized carbons (Fsp3) is 0.0625. The molecule has 1 heterocycles. The van der Waals surface area contributed by atoms with E-state index in [2.05, 4.69) is 0 Å². The van der Waals surface area contributed by atoms with E-state index in [1.165, 1.54) is 36.0 Å². The highest BCUT2D eigenvalue weighted by Gasteiger charge is 2.24. The summed E-state index contributed by atoms with van der Waals surface area (Å²) in [6, 6.07) is 10.4. The van der Waals surface area contributed by atoms with Crippen molar-refractivity contribution in [3.63, 3.8) is 0 Å². The molecule has 0 spiro atoms. The minimum Gasteiger partial charge on any atom is -0.289 e. The van der Waals surface area contributed by atoms with Crippen LogP contribution in [0.2, 0.25) is 0 Å². The van der Waals surface area contributed by atoms with Crippen LogP contribution in [-0.4, -0.2) is 11.5 Å². The minimum atomic E-state index is -0.360. The molecule has 0 atom stereocenters. The van der Waals surface area contributed by atoms with Crippen LogP contribution < -0.4 is 0 Å². The fourth-order valence-corrected chi connectivity index (χ4v) is 3.13. The van der Waals surface area contributed by atoms with Crippen LogP contribution in [-0.2, 0) is 0 Å². The number of benzene rings is 2. The van der Waals surface area contributed by atoms with Crippen LogP contribution in [0.1, 0.15) is 15.9 Å². The van der Waals surface area contributed by atoms with Gasteiger partial charge in [-0.3, -0.25) is 4.79 Å². The molecule has 4 heteroatoms. The van der Waals surface area contributed by atoms with Crippen LogP contribution in [0.4, 0.5) is 8.78 Å². The molecular formula is C16H10F2OS. The lowest BCUT2D eigenvalue weighted by atomic mass is 10.0. The molecule has 0 radical (unpaired) electrons. The Hall–Kier alpha value is -1.94. The van der Waals surface area contributed by atoms with Gasteiger partial charge in [0.05, 0.1) is 4.90 Å². The molecule has 0 saturated carbocycles. The summed E-state index contributed by atoms with van der Waals surface area (Å²) in [6.07, 6.45) is 1.72. The van der Waals surface area contributed by atoms with Gasteiger partial charge in [-0.1, -0.05) is 18.2 Å². The highest BCUT2D eigenvalue weighted by atomic mass is 32.2. The van der Waals surface area contributed by atoms with E-state index in [0.717, 1.165) is 5.56 Å². The van der Waals surface area contributed by atoms with Gasteiger partial charge in [-0.2, -0.15) is 0 Å². The summed E-state index contributed by atoms with van der Waals surface area (Å²) in [5, 5.41) is 0.